The number of aliphatic hydroxyl groups excluding tert-OH is 1. The topological polar surface area (TPSA) is 66.5 Å². The zero-order valence-corrected chi connectivity index (χ0v) is 17.8. The van der Waals surface area contributed by atoms with Gasteiger partial charge in [-0.1, -0.05) is 17.9 Å². The van der Waals surface area contributed by atoms with Crippen LogP contribution in [0.1, 0.15) is 36.2 Å². The van der Waals surface area contributed by atoms with Crippen LogP contribution in [0.2, 0.25) is 0 Å². The Kier molecular flexibility index (Phi) is 4.21. The Morgan fingerprint density at radius 3 is 2.88 bits per heavy atom. The lowest BCUT2D eigenvalue weighted by Crippen LogP contribution is -2.26. The van der Waals surface area contributed by atoms with E-state index in [1.807, 2.05) is 23.5 Å². The van der Waals surface area contributed by atoms with E-state index >= 15 is 0 Å². The van der Waals surface area contributed by atoms with Crippen LogP contribution in [0, 0.1) is 30.0 Å². The van der Waals surface area contributed by atoms with E-state index < -0.39 is 0 Å². The third kappa shape index (κ3) is 2.94. The quantitative estimate of drug-likeness (QED) is 0.491. The highest BCUT2D eigenvalue weighted by molar-refractivity contribution is 5.94. The molecule has 1 saturated carbocycles. The van der Waals surface area contributed by atoms with Crippen molar-refractivity contribution >= 4 is 28.2 Å². The van der Waals surface area contributed by atoms with Gasteiger partial charge < -0.3 is 10.0 Å². The molecule has 160 valence electrons. The van der Waals surface area contributed by atoms with Crippen LogP contribution < -0.4 is 4.90 Å². The zero-order valence-electron chi connectivity index (χ0n) is 17.8. The Balaban J connectivity index is 1.54. The Bertz CT molecular complexity index is 1440. The maximum Gasteiger partial charge on any atom is 0.257 e. The molecular formula is C25H22FN5O. The molecule has 6 nitrogen and oxygen atoms in total. The lowest BCUT2D eigenvalue weighted by molar-refractivity contribution is 0.247. The number of hydrogen-bond donors (Lipinski definition) is 1. The standard InChI is InChI=1S/C25H22FN5O/c1-16-28-29-24-27-23(20-14-18(26)7-8-22(20)31(16)24)30-13-3-5-19-17(4-2-6-21(19)30)9-10-25(15-32)11-12-25/h2,4,6-8,14,32H,3,5,11-13,15H2,1H3. The molecule has 2 aromatic heterocycles. The summed E-state index contributed by atoms with van der Waals surface area (Å²) in [5, 5.41) is 18.7. The second-order valence-corrected chi connectivity index (χ2v) is 8.73. The van der Waals surface area contributed by atoms with Crippen LogP contribution in [0.3, 0.4) is 0 Å². The monoisotopic (exact) mass is 427 g/mol. The van der Waals surface area contributed by atoms with Gasteiger partial charge in [-0.2, -0.15) is 4.98 Å². The van der Waals surface area contributed by atoms with E-state index in [2.05, 4.69) is 33.0 Å². The van der Waals surface area contributed by atoms with Crippen LogP contribution in [-0.2, 0) is 6.42 Å². The minimum atomic E-state index is -0.304. The first kappa shape index (κ1) is 19.2. The minimum Gasteiger partial charge on any atom is -0.395 e. The summed E-state index contributed by atoms with van der Waals surface area (Å²) in [7, 11) is 0. The van der Waals surface area contributed by atoms with Crippen molar-refractivity contribution in [3.8, 4) is 11.8 Å². The first-order chi connectivity index (χ1) is 15.6. The Hall–Kier alpha value is -3.50. The molecule has 32 heavy (non-hydrogen) atoms. The molecule has 1 aliphatic carbocycles. The molecule has 0 unspecified atom stereocenters. The van der Waals surface area contributed by atoms with Crippen molar-refractivity contribution in [1.29, 1.82) is 0 Å². The zero-order chi connectivity index (χ0) is 21.9. The first-order valence-electron chi connectivity index (χ1n) is 10.9. The molecule has 1 N–H and O–H groups in total. The summed E-state index contributed by atoms with van der Waals surface area (Å²) in [6.45, 7) is 2.75. The summed E-state index contributed by atoms with van der Waals surface area (Å²) in [5.41, 5.74) is 3.81. The average Bonchev–Trinajstić information content (AvgIpc) is 3.51. The molecule has 4 aromatic rings. The maximum atomic E-state index is 14.3. The van der Waals surface area contributed by atoms with E-state index in [4.69, 9.17) is 4.98 Å². The fourth-order valence-electron chi connectivity index (χ4n) is 4.58. The third-order valence-corrected chi connectivity index (χ3v) is 6.58. The summed E-state index contributed by atoms with van der Waals surface area (Å²) < 4.78 is 16.2. The van der Waals surface area contributed by atoms with Gasteiger partial charge in [0.25, 0.3) is 5.78 Å². The highest BCUT2D eigenvalue weighted by Gasteiger charge is 2.40. The van der Waals surface area contributed by atoms with Crippen molar-refractivity contribution in [3.63, 3.8) is 0 Å². The smallest absolute Gasteiger partial charge is 0.257 e. The van der Waals surface area contributed by atoms with E-state index in [1.165, 1.54) is 17.7 Å². The summed E-state index contributed by atoms with van der Waals surface area (Å²) in [4.78, 5) is 6.95. The lowest BCUT2D eigenvalue weighted by atomic mass is 9.95. The van der Waals surface area contributed by atoms with Gasteiger partial charge in [-0.05, 0) is 68.5 Å². The molecule has 1 aliphatic heterocycles. The average molecular weight is 427 g/mol. The number of aryl methyl sites for hydroxylation is 1. The molecule has 0 spiro atoms. The minimum absolute atomic E-state index is 0.112. The second kappa shape index (κ2) is 7.01. The number of rotatable bonds is 2. The van der Waals surface area contributed by atoms with Crippen LogP contribution in [-0.4, -0.2) is 37.8 Å². The van der Waals surface area contributed by atoms with Crippen molar-refractivity contribution in [3.05, 3.63) is 59.2 Å². The molecule has 2 aliphatic rings. The Labute approximate surface area is 184 Å². The number of anilines is 2. The fourth-order valence-corrected chi connectivity index (χ4v) is 4.58. The molecule has 0 bridgehead atoms. The van der Waals surface area contributed by atoms with E-state index in [-0.39, 0.29) is 17.8 Å². The van der Waals surface area contributed by atoms with Gasteiger partial charge in [0.2, 0.25) is 0 Å². The molecule has 3 heterocycles. The van der Waals surface area contributed by atoms with Gasteiger partial charge in [0.05, 0.1) is 17.5 Å². The summed E-state index contributed by atoms with van der Waals surface area (Å²) in [6.07, 6.45) is 3.77. The largest absolute Gasteiger partial charge is 0.395 e. The maximum absolute atomic E-state index is 14.3. The molecule has 6 rings (SSSR count). The van der Waals surface area contributed by atoms with Crippen molar-refractivity contribution in [1.82, 2.24) is 19.6 Å². The van der Waals surface area contributed by atoms with Gasteiger partial charge >= 0.3 is 0 Å². The molecule has 0 amide bonds. The molecule has 0 atom stereocenters. The predicted molar refractivity (Wildman–Crippen MR) is 120 cm³/mol. The molecule has 2 aromatic carbocycles. The highest BCUT2D eigenvalue weighted by Crippen LogP contribution is 2.44. The lowest BCUT2D eigenvalue weighted by Gasteiger charge is -2.32. The predicted octanol–water partition coefficient (Wildman–Crippen LogP) is 3.93. The number of aromatic nitrogens is 4. The van der Waals surface area contributed by atoms with Gasteiger partial charge in [-0.15, -0.1) is 10.2 Å². The molecule has 0 radical (unpaired) electrons. The number of hydrogen-bond acceptors (Lipinski definition) is 5. The van der Waals surface area contributed by atoms with Crippen molar-refractivity contribution in [2.24, 2.45) is 5.41 Å². The van der Waals surface area contributed by atoms with Gasteiger partial charge in [-0.25, -0.2) is 4.39 Å². The van der Waals surface area contributed by atoms with E-state index in [9.17, 15) is 9.50 Å². The van der Waals surface area contributed by atoms with Crippen molar-refractivity contribution in [2.75, 3.05) is 18.1 Å². The van der Waals surface area contributed by atoms with Crippen LogP contribution in [0.15, 0.2) is 36.4 Å². The van der Waals surface area contributed by atoms with Crippen LogP contribution >= 0.6 is 0 Å². The number of aliphatic hydroxyl groups is 1. The fraction of sp³-hybridized carbons (Fsp3) is 0.320. The van der Waals surface area contributed by atoms with Crippen molar-refractivity contribution in [2.45, 2.75) is 32.6 Å². The van der Waals surface area contributed by atoms with Gasteiger partial charge in [0, 0.05) is 23.2 Å². The normalized spacial score (nSPS) is 16.7. The first-order valence-corrected chi connectivity index (χ1v) is 10.9. The number of fused-ring (bicyclic) bond motifs is 4. The molecule has 0 saturated heterocycles. The van der Waals surface area contributed by atoms with Crippen LogP contribution in [0.25, 0.3) is 16.7 Å². The second-order valence-electron chi connectivity index (χ2n) is 8.73. The summed E-state index contributed by atoms with van der Waals surface area (Å²) in [6, 6.07) is 10.9. The van der Waals surface area contributed by atoms with Gasteiger partial charge in [0.15, 0.2) is 0 Å². The van der Waals surface area contributed by atoms with E-state index in [0.717, 1.165) is 54.4 Å². The molecular weight excluding hydrogens is 405 g/mol. The summed E-state index contributed by atoms with van der Waals surface area (Å²) in [5.74, 6) is 8.22. The van der Waals surface area contributed by atoms with E-state index in [1.54, 1.807) is 6.07 Å². The Morgan fingerprint density at radius 2 is 2.06 bits per heavy atom. The Morgan fingerprint density at radius 1 is 1.19 bits per heavy atom. The third-order valence-electron chi connectivity index (χ3n) is 6.58. The number of benzene rings is 2. The van der Waals surface area contributed by atoms with Gasteiger partial charge in [0.1, 0.15) is 17.5 Å². The van der Waals surface area contributed by atoms with E-state index in [0.29, 0.717) is 17.4 Å². The SMILES string of the molecule is Cc1nnc2nc(N3CCCc4c(C#CC5(CO)CC5)cccc43)c3cc(F)ccc3n12. The van der Waals surface area contributed by atoms with Crippen LogP contribution in [0.4, 0.5) is 15.9 Å². The summed E-state index contributed by atoms with van der Waals surface area (Å²) >= 11 is 0. The molecule has 1 fully saturated rings. The molecule has 7 heteroatoms. The van der Waals surface area contributed by atoms with Crippen molar-refractivity contribution < 1.29 is 9.50 Å². The number of halogens is 1. The number of nitrogens with zero attached hydrogens (tertiary/aromatic N) is 5. The highest BCUT2D eigenvalue weighted by atomic mass is 19.1. The van der Waals surface area contributed by atoms with Crippen LogP contribution in [0.5, 0.6) is 0 Å². The van der Waals surface area contributed by atoms with Gasteiger partial charge in [-0.3, -0.25) is 4.40 Å².